The van der Waals surface area contributed by atoms with Gasteiger partial charge >= 0.3 is 0 Å². The molecular weight excluding hydrogens is 208 g/mol. The van der Waals surface area contributed by atoms with Crippen LogP contribution in [0.4, 0.5) is 11.4 Å². The maximum absolute atomic E-state index is 6.06. The molecule has 0 bridgehead atoms. The summed E-state index contributed by atoms with van der Waals surface area (Å²) in [7, 11) is 1.93. The third-order valence-corrected chi connectivity index (χ3v) is 3.05. The van der Waals surface area contributed by atoms with Gasteiger partial charge in [0.1, 0.15) is 0 Å². The van der Waals surface area contributed by atoms with Gasteiger partial charge in [-0.15, -0.1) is 0 Å². The lowest BCUT2D eigenvalue weighted by Gasteiger charge is -2.23. The van der Waals surface area contributed by atoms with Gasteiger partial charge in [-0.05, 0) is 29.1 Å². The molecule has 74 valence electrons. The van der Waals surface area contributed by atoms with E-state index >= 15 is 0 Å². The van der Waals surface area contributed by atoms with Crippen LogP contribution in [0.15, 0.2) is 41.4 Å². The summed E-state index contributed by atoms with van der Waals surface area (Å²) in [5, 5.41) is 2.89. The van der Waals surface area contributed by atoms with E-state index in [0.717, 1.165) is 11.4 Å². The van der Waals surface area contributed by atoms with Crippen LogP contribution < -0.4 is 4.90 Å². The van der Waals surface area contributed by atoms with Gasteiger partial charge < -0.3 is 4.90 Å². The highest BCUT2D eigenvalue weighted by Crippen LogP contribution is 2.38. The standard InChI is InChI=1S/C12H9ClN2/c1-15-10-7-3-5-8-4-2-6-9(11(8)10)14-12(15)13/h2-7H,1H3. The SMILES string of the molecule is CN1C(Cl)=Nc2cccc3cccc1c23. The van der Waals surface area contributed by atoms with Crippen molar-refractivity contribution < 1.29 is 0 Å². The first kappa shape index (κ1) is 8.74. The van der Waals surface area contributed by atoms with E-state index in [1.165, 1.54) is 10.8 Å². The van der Waals surface area contributed by atoms with Gasteiger partial charge in [-0.2, -0.15) is 0 Å². The zero-order valence-corrected chi connectivity index (χ0v) is 8.99. The van der Waals surface area contributed by atoms with Gasteiger partial charge in [-0.1, -0.05) is 24.3 Å². The fourth-order valence-corrected chi connectivity index (χ4v) is 2.13. The minimum atomic E-state index is 0.515. The molecule has 0 fully saturated rings. The highest BCUT2D eigenvalue weighted by molar-refractivity contribution is 6.68. The van der Waals surface area contributed by atoms with E-state index in [2.05, 4.69) is 23.2 Å². The summed E-state index contributed by atoms with van der Waals surface area (Å²) in [4.78, 5) is 6.25. The molecule has 1 aliphatic rings. The Morgan fingerprint density at radius 2 is 1.87 bits per heavy atom. The molecule has 1 aliphatic heterocycles. The lowest BCUT2D eigenvalue weighted by molar-refractivity contribution is 1.27. The first-order valence-corrected chi connectivity index (χ1v) is 5.15. The summed E-state index contributed by atoms with van der Waals surface area (Å²) in [6.07, 6.45) is 0. The first-order valence-electron chi connectivity index (χ1n) is 4.77. The second-order valence-corrected chi connectivity index (χ2v) is 3.93. The number of hydrogen-bond acceptors (Lipinski definition) is 2. The molecule has 0 aromatic heterocycles. The Kier molecular flexibility index (Phi) is 1.73. The fourth-order valence-electron chi connectivity index (χ4n) is 1.95. The second-order valence-electron chi connectivity index (χ2n) is 3.59. The van der Waals surface area contributed by atoms with E-state index < -0.39 is 0 Å². The van der Waals surface area contributed by atoms with Crippen LogP contribution >= 0.6 is 11.6 Å². The molecule has 0 amide bonds. The molecule has 2 aromatic carbocycles. The number of rotatable bonds is 0. The summed E-state index contributed by atoms with van der Waals surface area (Å²) in [5.74, 6) is 0. The van der Waals surface area contributed by atoms with Gasteiger partial charge in [0, 0.05) is 12.4 Å². The smallest absolute Gasteiger partial charge is 0.203 e. The number of anilines is 1. The molecule has 0 radical (unpaired) electrons. The normalized spacial score (nSPS) is 14.3. The van der Waals surface area contributed by atoms with Crippen molar-refractivity contribution in [2.45, 2.75) is 0 Å². The Morgan fingerprint density at radius 3 is 2.67 bits per heavy atom. The third-order valence-electron chi connectivity index (χ3n) is 2.71. The van der Waals surface area contributed by atoms with Crippen molar-refractivity contribution in [2.24, 2.45) is 4.99 Å². The Balaban J connectivity index is 2.49. The Morgan fingerprint density at radius 1 is 1.13 bits per heavy atom. The lowest BCUT2D eigenvalue weighted by Crippen LogP contribution is -2.23. The molecule has 15 heavy (non-hydrogen) atoms. The van der Waals surface area contributed by atoms with Crippen LogP contribution in [0.3, 0.4) is 0 Å². The number of amidine groups is 1. The van der Waals surface area contributed by atoms with Gasteiger partial charge in [-0.3, -0.25) is 0 Å². The molecule has 0 atom stereocenters. The van der Waals surface area contributed by atoms with Crippen molar-refractivity contribution in [3.8, 4) is 0 Å². The topological polar surface area (TPSA) is 15.6 Å². The van der Waals surface area contributed by atoms with Crippen molar-refractivity contribution in [1.29, 1.82) is 0 Å². The highest BCUT2D eigenvalue weighted by Gasteiger charge is 2.17. The molecule has 0 aliphatic carbocycles. The summed E-state index contributed by atoms with van der Waals surface area (Å²) in [6, 6.07) is 12.3. The average molecular weight is 217 g/mol. The summed E-state index contributed by atoms with van der Waals surface area (Å²) >= 11 is 6.06. The van der Waals surface area contributed by atoms with E-state index in [-0.39, 0.29) is 0 Å². The van der Waals surface area contributed by atoms with Crippen LogP contribution in [-0.2, 0) is 0 Å². The summed E-state index contributed by atoms with van der Waals surface area (Å²) in [5.41, 5.74) is 2.06. The quantitative estimate of drug-likeness (QED) is 0.616. The van der Waals surface area contributed by atoms with E-state index in [1.807, 2.05) is 30.1 Å². The Bertz CT molecular complexity index is 570. The Labute approximate surface area is 92.8 Å². The van der Waals surface area contributed by atoms with Crippen molar-refractivity contribution in [3.05, 3.63) is 36.4 Å². The lowest BCUT2D eigenvalue weighted by atomic mass is 10.1. The first-order chi connectivity index (χ1) is 7.27. The molecular formula is C12H9ClN2. The predicted octanol–water partition coefficient (Wildman–Crippen LogP) is 3.52. The molecule has 3 rings (SSSR count). The minimum Gasteiger partial charge on any atom is -0.319 e. The van der Waals surface area contributed by atoms with E-state index in [0.29, 0.717) is 5.29 Å². The maximum Gasteiger partial charge on any atom is 0.203 e. The Hall–Kier alpha value is -1.54. The van der Waals surface area contributed by atoms with E-state index in [9.17, 15) is 0 Å². The van der Waals surface area contributed by atoms with Gasteiger partial charge in [0.2, 0.25) is 5.29 Å². The fraction of sp³-hybridized carbons (Fsp3) is 0.0833. The maximum atomic E-state index is 6.06. The van der Waals surface area contributed by atoms with E-state index in [1.54, 1.807) is 0 Å². The minimum absolute atomic E-state index is 0.515. The van der Waals surface area contributed by atoms with Crippen molar-refractivity contribution in [1.82, 2.24) is 0 Å². The number of aliphatic imine (C=N–C) groups is 1. The average Bonchev–Trinajstić information content (AvgIpc) is 2.26. The molecule has 0 unspecified atom stereocenters. The number of nitrogens with zero attached hydrogens (tertiary/aromatic N) is 2. The van der Waals surface area contributed by atoms with Crippen LogP contribution in [-0.4, -0.2) is 12.3 Å². The van der Waals surface area contributed by atoms with Crippen molar-refractivity contribution in [2.75, 3.05) is 11.9 Å². The van der Waals surface area contributed by atoms with Crippen LogP contribution in [0.25, 0.3) is 10.8 Å². The molecule has 0 spiro atoms. The largest absolute Gasteiger partial charge is 0.319 e. The monoisotopic (exact) mass is 216 g/mol. The second kappa shape index (κ2) is 2.97. The third kappa shape index (κ3) is 1.15. The molecule has 2 nitrogen and oxygen atoms in total. The summed E-state index contributed by atoms with van der Waals surface area (Å²) in [6.45, 7) is 0. The molecule has 0 saturated carbocycles. The van der Waals surface area contributed by atoms with E-state index in [4.69, 9.17) is 11.6 Å². The predicted molar refractivity (Wildman–Crippen MR) is 65.3 cm³/mol. The summed E-state index contributed by atoms with van der Waals surface area (Å²) < 4.78 is 0. The number of halogens is 1. The van der Waals surface area contributed by atoms with Gasteiger partial charge in [0.25, 0.3) is 0 Å². The molecule has 1 heterocycles. The van der Waals surface area contributed by atoms with Gasteiger partial charge in [0.05, 0.1) is 11.4 Å². The number of hydrogen-bond donors (Lipinski definition) is 0. The number of benzene rings is 2. The molecule has 3 heteroatoms. The zero-order valence-electron chi connectivity index (χ0n) is 8.24. The highest BCUT2D eigenvalue weighted by atomic mass is 35.5. The van der Waals surface area contributed by atoms with Crippen LogP contribution in [0.2, 0.25) is 0 Å². The van der Waals surface area contributed by atoms with Crippen molar-refractivity contribution in [3.63, 3.8) is 0 Å². The molecule has 0 N–H and O–H groups in total. The van der Waals surface area contributed by atoms with Crippen molar-refractivity contribution >= 4 is 39.0 Å². The van der Waals surface area contributed by atoms with Crippen LogP contribution in [0, 0.1) is 0 Å². The molecule has 0 saturated heterocycles. The van der Waals surface area contributed by atoms with Crippen LogP contribution in [0.5, 0.6) is 0 Å². The molecule has 2 aromatic rings. The van der Waals surface area contributed by atoms with Gasteiger partial charge in [0.15, 0.2) is 0 Å². The van der Waals surface area contributed by atoms with Crippen LogP contribution in [0.1, 0.15) is 0 Å². The zero-order chi connectivity index (χ0) is 10.4. The van der Waals surface area contributed by atoms with Gasteiger partial charge in [-0.25, -0.2) is 4.99 Å².